The summed E-state index contributed by atoms with van der Waals surface area (Å²) in [5, 5.41) is 0. The number of hydrogen-bond donors (Lipinski definition) is 1. The number of piperidine rings is 2. The van der Waals surface area contributed by atoms with Gasteiger partial charge < -0.3 is 4.57 Å². The molecule has 2 aliphatic carbocycles. The maximum Gasteiger partial charge on any atom is 0.334 e. The number of aromatic amines is 1. The van der Waals surface area contributed by atoms with Gasteiger partial charge in [-0.2, -0.15) is 0 Å². The Morgan fingerprint density at radius 2 is 1.53 bits per heavy atom. The third-order valence-electron chi connectivity index (χ3n) is 9.99. The molecule has 0 spiro atoms. The van der Waals surface area contributed by atoms with Gasteiger partial charge in [0.15, 0.2) is 0 Å². The molecule has 4 heterocycles. The second-order valence-electron chi connectivity index (χ2n) is 12.4. The monoisotopic (exact) mass is 515 g/mol. The van der Waals surface area contributed by atoms with Crippen molar-refractivity contribution in [2.45, 2.75) is 88.8 Å². The number of hydrogen-bond acceptors (Lipinski definition) is 5. The molecular weight excluding hydrogens is 478 g/mol. The van der Waals surface area contributed by atoms with Gasteiger partial charge in [0.1, 0.15) is 0 Å². The molecule has 38 heavy (non-hydrogen) atoms. The van der Waals surface area contributed by atoms with E-state index in [1.54, 1.807) is 0 Å². The molecule has 4 aliphatic rings. The minimum absolute atomic E-state index is 0.0475. The average molecular weight is 516 g/mol. The quantitative estimate of drug-likeness (QED) is 0.567. The fourth-order valence-corrected chi connectivity index (χ4v) is 8.52. The highest BCUT2D eigenvalue weighted by atomic mass is 16.2. The molecule has 0 amide bonds. The predicted octanol–water partition coefficient (Wildman–Crippen LogP) is 4.01. The van der Waals surface area contributed by atoms with Gasteiger partial charge in [0.25, 0.3) is 11.1 Å². The number of nitrogens with one attached hydrogen (secondary N) is 1. The van der Waals surface area contributed by atoms with E-state index in [-0.39, 0.29) is 17.4 Å². The lowest BCUT2D eigenvalue weighted by molar-refractivity contribution is -0.00939. The van der Waals surface area contributed by atoms with Crippen molar-refractivity contribution in [3.8, 4) is 5.82 Å². The molecule has 0 radical (unpaired) electrons. The molecule has 6 atom stereocenters. The Labute approximate surface area is 221 Å². The van der Waals surface area contributed by atoms with Crippen molar-refractivity contribution in [3.05, 3.63) is 67.7 Å². The number of H-pyrrole nitrogens is 1. The minimum Gasteiger partial charge on any atom is -0.300 e. The van der Waals surface area contributed by atoms with Crippen LogP contribution in [-0.2, 0) is 0 Å². The number of benzene rings is 1. The van der Waals surface area contributed by atoms with Crippen LogP contribution >= 0.6 is 0 Å². The molecule has 2 aliphatic heterocycles. The first-order valence-electron chi connectivity index (χ1n) is 14.6. The fraction of sp³-hybridized carbons (Fsp3) is 0.600. The second kappa shape index (κ2) is 9.63. The molecule has 200 valence electrons. The Kier molecular flexibility index (Phi) is 6.10. The summed E-state index contributed by atoms with van der Waals surface area (Å²) < 4.78 is 3.07. The molecular formula is C30H37N5O3. The summed E-state index contributed by atoms with van der Waals surface area (Å²) in [5.41, 5.74) is 0.0911. The smallest absolute Gasteiger partial charge is 0.300 e. The van der Waals surface area contributed by atoms with Crippen LogP contribution < -0.4 is 16.8 Å². The third-order valence-corrected chi connectivity index (χ3v) is 9.99. The van der Waals surface area contributed by atoms with E-state index in [9.17, 15) is 14.4 Å². The SMILES string of the molecule is O=c1ccn(-c2nc3ccccc3n([C@H]3C[C@H]4CCC[C@@H](C3)N4C[C@H]3C[C@@H]4CCC[C@@H](C4)C3)c2=O)c(=O)[nH]1. The molecule has 8 nitrogen and oxygen atoms in total. The zero-order valence-corrected chi connectivity index (χ0v) is 21.9. The van der Waals surface area contributed by atoms with E-state index in [0.29, 0.717) is 17.6 Å². The number of nitrogens with zero attached hydrogens (tertiary/aromatic N) is 4. The predicted molar refractivity (Wildman–Crippen MR) is 147 cm³/mol. The van der Waals surface area contributed by atoms with Crippen LogP contribution in [0.25, 0.3) is 16.9 Å². The van der Waals surface area contributed by atoms with Gasteiger partial charge in [-0.15, -0.1) is 0 Å². The first-order chi connectivity index (χ1) is 18.5. The van der Waals surface area contributed by atoms with Gasteiger partial charge in [-0.3, -0.25) is 19.5 Å². The van der Waals surface area contributed by atoms with E-state index in [1.807, 2.05) is 28.8 Å². The van der Waals surface area contributed by atoms with Crippen LogP contribution in [0.3, 0.4) is 0 Å². The molecule has 7 rings (SSSR count). The first kappa shape index (κ1) is 24.1. The average Bonchev–Trinajstić information content (AvgIpc) is 2.88. The van der Waals surface area contributed by atoms with Crippen molar-refractivity contribution in [3.63, 3.8) is 0 Å². The third kappa shape index (κ3) is 4.27. The van der Waals surface area contributed by atoms with Gasteiger partial charge in [0, 0.05) is 36.9 Å². The van der Waals surface area contributed by atoms with Crippen LogP contribution in [0.4, 0.5) is 0 Å². The summed E-state index contributed by atoms with van der Waals surface area (Å²) in [4.78, 5) is 47.9. The Hall–Kier alpha value is -3.00. The van der Waals surface area contributed by atoms with Gasteiger partial charge in [0.05, 0.1) is 11.0 Å². The highest BCUT2D eigenvalue weighted by Crippen LogP contribution is 2.45. The molecule has 2 saturated carbocycles. The van der Waals surface area contributed by atoms with E-state index in [2.05, 4.69) is 14.9 Å². The molecule has 2 saturated heterocycles. The molecule has 1 N–H and O–H groups in total. The number of aromatic nitrogens is 4. The Morgan fingerprint density at radius 3 is 2.26 bits per heavy atom. The largest absolute Gasteiger partial charge is 0.334 e. The van der Waals surface area contributed by atoms with Crippen LogP contribution in [0.1, 0.15) is 76.7 Å². The minimum atomic E-state index is -0.645. The van der Waals surface area contributed by atoms with Crippen molar-refractivity contribution in [1.82, 2.24) is 24.0 Å². The first-order valence-corrected chi connectivity index (χ1v) is 14.6. The molecule has 2 aromatic heterocycles. The summed E-state index contributed by atoms with van der Waals surface area (Å²) in [7, 11) is 0. The lowest BCUT2D eigenvalue weighted by Crippen LogP contribution is -2.55. The van der Waals surface area contributed by atoms with Crippen molar-refractivity contribution in [2.24, 2.45) is 17.8 Å². The summed E-state index contributed by atoms with van der Waals surface area (Å²) in [6.45, 7) is 1.22. The highest BCUT2D eigenvalue weighted by Gasteiger charge is 2.42. The van der Waals surface area contributed by atoms with Crippen molar-refractivity contribution >= 4 is 11.0 Å². The van der Waals surface area contributed by atoms with Gasteiger partial charge in [-0.05, 0) is 74.8 Å². The van der Waals surface area contributed by atoms with Crippen molar-refractivity contribution < 1.29 is 0 Å². The van der Waals surface area contributed by atoms with Gasteiger partial charge >= 0.3 is 5.69 Å². The van der Waals surface area contributed by atoms with E-state index in [0.717, 1.165) is 36.1 Å². The van der Waals surface area contributed by atoms with E-state index in [1.165, 1.54) is 81.2 Å². The van der Waals surface area contributed by atoms with Crippen LogP contribution in [-0.4, -0.2) is 42.6 Å². The number of para-hydroxylation sites is 2. The Balaban J connectivity index is 1.22. The number of rotatable bonds is 4. The normalized spacial score (nSPS) is 31.4. The van der Waals surface area contributed by atoms with Crippen LogP contribution in [0.2, 0.25) is 0 Å². The summed E-state index contributed by atoms with van der Waals surface area (Å²) in [5.74, 6) is 2.76. The molecule has 0 unspecified atom stereocenters. The topological polar surface area (TPSA) is 93.0 Å². The zero-order valence-electron chi connectivity index (χ0n) is 21.9. The summed E-state index contributed by atoms with van der Waals surface area (Å²) in [6.07, 6.45) is 15.5. The van der Waals surface area contributed by atoms with Crippen LogP contribution in [0.15, 0.2) is 50.9 Å². The van der Waals surface area contributed by atoms with E-state index in [4.69, 9.17) is 0 Å². The second-order valence-corrected chi connectivity index (χ2v) is 12.4. The fourth-order valence-electron chi connectivity index (χ4n) is 8.52. The highest BCUT2D eigenvalue weighted by molar-refractivity contribution is 5.75. The van der Waals surface area contributed by atoms with E-state index < -0.39 is 11.2 Å². The van der Waals surface area contributed by atoms with Crippen molar-refractivity contribution in [2.75, 3.05) is 6.54 Å². The molecule has 3 aromatic rings. The van der Waals surface area contributed by atoms with Gasteiger partial charge in [0.2, 0.25) is 5.82 Å². The molecule has 4 fully saturated rings. The standard InChI is InChI=1S/C30H37N5O3/c36-27-11-12-33(30(38)32-27)28-29(37)35(26-10-2-1-9-25(26)31-28)24-16-22-7-4-8-23(17-24)34(22)18-21-14-19-5-3-6-20(13-19)15-21/h1-2,9-12,19-24H,3-8,13-18H2,(H,32,36,38)/t19-,20+,21+,22-,23+,24+. The maximum absolute atomic E-state index is 14.0. The lowest BCUT2D eigenvalue weighted by Gasteiger charge is -2.51. The molecule has 4 bridgehead atoms. The van der Waals surface area contributed by atoms with Crippen LogP contribution in [0.5, 0.6) is 0 Å². The van der Waals surface area contributed by atoms with Gasteiger partial charge in [-0.25, -0.2) is 14.3 Å². The Bertz CT molecular complexity index is 1500. The Morgan fingerprint density at radius 1 is 0.816 bits per heavy atom. The molecule has 1 aromatic carbocycles. The van der Waals surface area contributed by atoms with Gasteiger partial charge in [-0.1, -0.05) is 37.8 Å². The maximum atomic E-state index is 14.0. The number of fused-ring (bicyclic) bond motifs is 5. The zero-order chi connectivity index (χ0) is 25.8. The summed E-state index contributed by atoms with van der Waals surface area (Å²) >= 11 is 0. The summed E-state index contributed by atoms with van der Waals surface area (Å²) in [6, 6.07) is 10.0. The van der Waals surface area contributed by atoms with E-state index >= 15 is 0 Å². The van der Waals surface area contributed by atoms with Crippen molar-refractivity contribution in [1.29, 1.82) is 0 Å². The lowest BCUT2D eigenvalue weighted by atomic mass is 9.67. The van der Waals surface area contributed by atoms with Crippen LogP contribution in [0, 0.1) is 17.8 Å². The molecule has 8 heteroatoms.